The summed E-state index contributed by atoms with van der Waals surface area (Å²) in [5, 5.41) is 0. The Morgan fingerprint density at radius 3 is 1.10 bits per heavy atom. The zero-order valence-electron chi connectivity index (χ0n) is 5.91. The van der Waals surface area contributed by atoms with Crippen molar-refractivity contribution in [2.75, 3.05) is 13.1 Å². The largest absolute Gasteiger partial charge is 0.330 e. The molecule has 0 aliphatic carbocycles. The van der Waals surface area contributed by atoms with Crippen LogP contribution >= 0.6 is 37.2 Å². The first-order valence-corrected chi connectivity index (χ1v) is 2.82. The third-order valence-corrected chi connectivity index (χ3v) is 0.908. The molecular weight excluding hydrogens is 194 g/mol. The van der Waals surface area contributed by atoms with Gasteiger partial charge >= 0.3 is 0 Å². The molecule has 0 unspecified atom stereocenters. The SMILES string of the molecule is Cl.Cl.Cl.NCCCCCN. The number of rotatable bonds is 4. The fourth-order valence-electron chi connectivity index (χ4n) is 0.465. The molecule has 4 N–H and O–H groups in total. The van der Waals surface area contributed by atoms with Gasteiger partial charge in [0.05, 0.1) is 0 Å². The molecule has 0 saturated heterocycles. The Bertz CT molecular complexity index is 34.1. The number of halogens is 3. The van der Waals surface area contributed by atoms with Crippen molar-refractivity contribution in [3.63, 3.8) is 0 Å². The summed E-state index contributed by atoms with van der Waals surface area (Å²) < 4.78 is 0. The van der Waals surface area contributed by atoms with E-state index in [1.807, 2.05) is 0 Å². The Hall–Kier alpha value is 0.790. The van der Waals surface area contributed by atoms with Gasteiger partial charge in [0.25, 0.3) is 0 Å². The molecule has 0 aliphatic heterocycles. The fraction of sp³-hybridized carbons (Fsp3) is 1.00. The van der Waals surface area contributed by atoms with E-state index in [9.17, 15) is 0 Å². The highest BCUT2D eigenvalue weighted by Crippen LogP contribution is 1.88. The van der Waals surface area contributed by atoms with Crippen molar-refractivity contribution < 1.29 is 0 Å². The Labute approximate surface area is 81.3 Å². The number of hydrogen-bond acceptors (Lipinski definition) is 2. The van der Waals surface area contributed by atoms with E-state index in [2.05, 4.69) is 0 Å². The van der Waals surface area contributed by atoms with Gasteiger partial charge in [0.15, 0.2) is 0 Å². The van der Waals surface area contributed by atoms with Gasteiger partial charge in [-0.1, -0.05) is 6.42 Å². The Balaban J connectivity index is -0.0000000600. The fourth-order valence-corrected chi connectivity index (χ4v) is 0.465. The van der Waals surface area contributed by atoms with Crippen LogP contribution in [0.2, 0.25) is 0 Å². The van der Waals surface area contributed by atoms with E-state index in [4.69, 9.17) is 11.5 Å². The highest BCUT2D eigenvalue weighted by molar-refractivity contribution is 5.86. The van der Waals surface area contributed by atoms with Gasteiger partial charge in [-0.2, -0.15) is 0 Å². The van der Waals surface area contributed by atoms with Crippen LogP contribution in [0.15, 0.2) is 0 Å². The molecule has 0 heterocycles. The minimum absolute atomic E-state index is 0. The standard InChI is InChI=1S/C5H14N2.3ClH/c6-4-2-1-3-5-7;;;/h1-7H2;3*1H. The lowest BCUT2D eigenvalue weighted by Gasteiger charge is -1.91. The van der Waals surface area contributed by atoms with Crippen molar-refractivity contribution in [3.05, 3.63) is 0 Å². The van der Waals surface area contributed by atoms with E-state index in [-0.39, 0.29) is 37.2 Å². The average Bonchev–Trinajstić information content (AvgIpc) is 1.69. The predicted octanol–water partition coefficient (Wildman–Crippen LogP) is 1.34. The molecule has 0 saturated carbocycles. The van der Waals surface area contributed by atoms with E-state index >= 15 is 0 Å². The van der Waals surface area contributed by atoms with Crippen LogP contribution in [0, 0.1) is 0 Å². The van der Waals surface area contributed by atoms with E-state index in [0.717, 1.165) is 25.9 Å². The van der Waals surface area contributed by atoms with Gasteiger partial charge in [-0.25, -0.2) is 0 Å². The monoisotopic (exact) mass is 210 g/mol. The van der Waals surface area contributed by atoms with Crippen LogP contribution in [-0.2, 0) is 0 Å². The average molecular weight is 212 g/mol. The van der Waals surface area contributed by atoms with E-state index in [0.29, 0.717) is 0 Å². The summed E-state index contributed by atoms with van der Waals surface area (Å²) in [6.45, 7) is 1.61. The molecule has 0 fully saturated rings. The summed E-state index contributed by atoms with van der Waals surface area (Å²) >= 11 is 0. The van der Waals surface area contributed by atoms with Gasteiger partial charge in [0, 0.05) is 0 Å². The summed E-state index contributed by atoms with van der Waals surface area (Å²) in [6.07, 6.45) is 3.43. The lowest BCUT2D eigenvalue weighted by Crippen LogP contribution is -2.02. The van der Waals surface area contributed by atoms with Gasteiger partial charge < -0.3 is 11.5 Å². The number of nitrogens with two attached hydrogens (primary N) is 2. The maximum absolute atomic E-state index is 5.23. The minimum atomic E-state index is 0. The van der Waals surface area contributed by atoms with Crippen molar-refractivity contribution in [1.82, 2.24) is 0 Å². The summed E-state index contributed by atoms with van der Waals surface area (Å²) in [6, 6.07) is 0. The van der Waals surface area contributed by atoms with Crippen molar-refractivity contribution in [2.45, 2.75) is 19.3 Å². The van der Waals surface area contributed by atoms with Gasteiger partial charge in [-0.15, -0.1) is 37.2 Å². The Kier molecular flexibility index (Phi) is 50.6. The van der Waals surface area contributed by atoms with Crippen LogP contribution in [-0.4, -0.2) is 13.1 Å². The third-order valence-electron chi connectivity index (χ3n) is 0.908. The molecule has 0 aliphatic rings. The predicted molar refractivity (Wildman–Crippen MR) is 53.7 cm³/mol. The molecule has 0 spiro atoms. The minimum Gasteiger partial charge on any atom is -0.330 e. The summed E-state index contributed by atoms with van der Waals surface area (Å²) in [4.78, 5) is 0. The summed E-state index contributed by atoms with van der Waals surface area (Å²) in [5.74, 6) is 0. The van der Waals surface area contributed by atoms with Gasteiger partial charge in [0.1, 0.15) is 0 Å². The van der Waals surface area contributed by atoms with Crippen LogP contribution in [0.5, 0.6) is 0 Å². The first-order valence-electron chi connectivity index (χ1n) is 2.82. The lowest BCUT2D eigenvalue weighted by atomic mass is 10.2. The molecule has 0 atom stereocenters. The van der Waals surface area contributed by atoms with Crippen LogP contribution in [0.4, 0.5) is 0 Å². The van der Waals surface area contributed by atoms with Crippen molar-refractivity contribution >= 4 is 37.2 Å². The normalized spacial score (nSPS) is 6.60. The number of unbranched alkanes of at least 4 members (excludes halogenated alkanes) is 2. The zero-order valence-corrected chi connectivity index (χ0v) is 8.36. The van der Waals surface area contributed by atoms with Crippen molar-refractivity contribution in [1.29, 1.82) is 0 Å². The summed E-state index contributed by atoms with van der Waals surface area (Å²) in [5.41, 5.74) is 10.5. The molecule has 0 aromatic heterocycles. The number of hydrogen-bond donors (Lipinski definition) is 2. The van der Waals surface area contributed by atoms with Crippen LogP contribution in [0.1, 0.15) is 19.3 Å². The third kappa shape index (κ3) is 23.2. The Morgan fingerprint density at radius 2 is 0.900 bits per heavy atom. The van der Waals surface area contributed by atoms with Crippen LogP contribution in [0.25, 0.3) is 0 Å². The molecule has 0 amide bonds. The molecular formula is C5H17Cl3N2. The molecule has 0 radical (unpaired) electrons. The van der Waals surface area contributed by atoms with Crippen LogP contribution in [0.3, 0.4) is 0 Å². The highest BCUT2D eigenvalue weighted by Gasteiger charge is 1.80. The molecule has 10 heavy (non-hydrogen) atoms. The molecule has 5 heteroatoms. The van der Waals surface area contributed by atoms with Gasteiger partial charge in [-0.3, -0.25) is 0 Å². The molecule has 68 valence electrons. The molecule has 0 rings (SSSR count). The van der Waals surface area contributed by atoms with E-state index < -0.39 is 0 Å². The maximum atomic E-state index is 5.23. The summed E-state index contributed by atoms with van der Waals surface area (Å²) in [7, 11) is 0. The van der Waals surface area contributed by atoms with Crippen LogP contribution < -0.4 is 11.5 Å². The second-order valence-electron chi connectivity index (χ2n) is 1.64. The van der Waals surface area contributed by atoms with Gasteiger partial charge in [-0.05, 0) is 25.9 Å². The molecule has 2 nitrogen and oxygen atoms in total. The van der Waals surface area contributed by atoms with E-state index in [1.165, 1.54) is 6.42 Å². The zero-order chi connectivity index (χ0) is 5.54. The lowest BCUT2D eigenvalue weighted by molar-refractivity contribution is 0.695. The molecule has 0 aromatic carbocycles. The second-order valence-corrected chi connectivity index (χ2v) is 1.64. The molecule has 0 aromatic rings. The topological polar surface area (TPSA) is 52.0 Å². The second kappa shape index (κ2) is 22.6. The van der Waals surface area contributed by atoms with Crippen molar-refractivity contribution in [2.24, 2.45) is 11.5 Å². The van der Waals surface area contributed by atoms with Crippen molar-refractivity contribution in [3.8, 4) is 0 Å². The smallest absolute Gasteiger partial charge is 0.00773 e. The first kappa shape index (κ1) is 22.4. The Morgan fingerprint density at radius 1 is 0.600 bits per heavy atom. The maximum Gasteiger partial charge on any atom is -0.00773 e. The first-order chi connectivity index (χ1) is 3.41. The highest BCUT2D eigenvalue weighted by atomic mass is 35.5. The quantitative estimate of drug-likeness (QED) is 0.690. The van der Waals surface area contributed by atoms with E-state index in [1.54, 1.807) is 0 Å². The van der Waals surface area contributed by atoms with Gasteiger partial charge in [0.2, 0.25) is 0 Å². The molecule has 0 bridgehead atoms.